The quantitative estimate of drug-likeness (QED) is 0.547. The minimum absolute atomic E-state index is 0.00178. The van der Waals surface area contributed by atoms with Gasteiger partial charge in [0.1, 0.15) is 0 Å². The highest BCUT2D eigenvalue weighted by atomic mass is 16.4. The molecule has 1 rings (SSSR count). The first-order valence-electron chi connectivity index (χ1n) is 8.08. The highest BCUT2D eigenvalue weighted by molar-refractivity contribution is 5.84. The number of aromatic nitrogens is 3. The molecule has 0 aromatic carbocycles. The Kier molecular flexibility index (Phi) is 9.44. The summed E-state index contributed by atoms with van der Waals surface area (Å²) in [5, 5.41) is 19.4. The molecular formula is C15H28N4O2. The zero-order chi connectivity index (χ0) is 15.3. The molecule has 1 aromatic heterocycles. The largest absolute Gasteiger partial charge is 0.476 e. The van der Waals surface area contributed by atoms with E-state index in [0.717, 1.165) is 13.1 Å². The van der Waals surface area contributed by atoms with Crippen LogP contribution in [0.4, 0.5) is 0 Å². The van der Waals surface area contributed by atoms with Gasteiger partial charge >= 0.3 is 5.97 Å². The second kappa shape index (κ2) is 11.3. The van der Waals surface area contributed by atoms with Crippen molar-refractivity contribution in [3.05, 3.63) is 11.9 Å². The highest BCUT2D eigenvalue weighted by Gasteiger charge is 2.07. The smallest absolute Gasteiger partial charge is 0.358 e. The van der Waals surface area contributed by atoms with Gasteiger partial charge in [-0.15, -0.1) is 5.10 Å². The van der Waals surface area contributed by atoms with Gasteiger partial charge in [-0.05, 0) is 13.0 Å². The molecule has 1 heterocycles. The Morgan fingerprint density at radius 1 is 1.14 bits per heavy atom. The van der Waals surface area contributed by atoms with Crippen LogP contribution in [0.5, 0.6) is 0 Å². The lowest BCUT2D eigenvalue weighted by molar-refractivity contribution is 0.0690. The maximum Gasteiger partial charge on any atom is 0.358 e. The van der Waals surface area contributed by atoms with E-state index in [4.69, 9.17) is 5.11 Å². The summed E-state index contributed by atoms with van der Waals surface area (Å²) in [7, 11) is 0. The third-order valence-electron chi connectivity index (χ3n) is 3.48. The molecule has 0 atom stereocenters. The fraction of sp³-hybridized carbons (Fsp3) is 0.800. The molecule has 6 nitrogen and oxygen atoms in total. The monoisotopic (exact) mass is 296 g/mol. The van der Waals surface area contributed by atoms with Gasteiger partial charge in [-0.1, -0.05) is 57.1 Å². The number of carboxylic acids is 1. The summed E-state index contributed by atoms with van der Waals surface area (Å²) in [5.41, 5.74) is -0.00178. The van der Waals surface area contributed by atoms with Crippen molar-refractivity contribution in [1.29, 1.82) is 0 Å². The summed E-state index contributed by atoms with van der Waals surface area (Å²) in [4.78, 5) is 10.6. The molecule has 0 fully saturated rings. The molecule has 21 heavy (non-hydrogen) atoms. The van der Waals surface area contributed by atoms with E-state index in [1.54, 1.807) is 4.68 Å². The molecule has 0 aliphatic carbocycles. The van der Waals surface area contributed by atoms with Crippen LogP contribution in [0.15, 0.2) is 6.20 Å². The standard InChI is InChI=1S/C15H28N4O2/c1-2-3-4-5-6-7-8-9-10-16-11-12-19-13-14(15(20)21)17-18-19/h13,16H,2-12H2,1H3,(H,20,21). The first-order valence-corrected chi connectivity index (χ1v) is 8.08. The number of rotatable bonds is 13. The molecule has 6 heteroatoms. The number of unbranched alkanes of at least 4 members (excludes halogenated alkanes) is 7. The fourth-order valence-electron chi connectivity index (χ4n) is 2.21. The highest BCUT2D eigenvalue weighted by Crippen LogP contribution is 2.07. The number of carbonyl (C=O) groups is 1. The summed E-state index contributed by atoms with van der Waals surface area (Å²) in [5.74, 6) is -1.03. The summed E-state index contributed by atoms with van der Waals surface area (Å²) in [6.07, 6.45) is 12.1. The predicted octanol–water partition coefficient (Wildman–Crippen LogP) is 2.71. The molecule has 0 radical (unpaired) electrons. The van der Waals surface area contributed by atoms with E-state index in [2.05, 4.69) is 22.6 Å². The minimum Gasteiger partial charge on any atom is -0.476 e. The first kappa shape index (κ1) is 17.6. The topological polar surface area (TPSA) is 80.0 Å². The van der Waals surface area contributed by atoms with Crippen LogP contribution in [0.3, 0.4) is 0 Å². The molecule has 0 spiro atoms. The lowest BCUT2D eigenvalue weighted by atomic mass is 10.1. The number of hydrogen-bond donors (Lipinski definition) is 2. The molecule has 0 unspecified atom stereocenters. The Morgan fingerprint density at radius 3 is 2.43 bits per heavy atom. The summed E-state index contributed by atoms with van der Waals surface area (Å²) in [6, 6.07) is 0. The van der Waals surface area contributed by atoms with Crippen LogP contribution in [0.1, 0.15) is 68.8 Å². The van der Waals surface area contributed by atoms with Crippen molar-refractivity contribution in [3.8, 4) is 0 Å². The van der Waals surface area contributed by atoms with E-state index in [0.29, 0.717) is 6.54 Å². The molecule has 0 saturated heterocycles. The van der Waals surface area contributed by atoms with E-state index < -0.39 is 5.97 Å². The molecular weight excluding hydrogens is 268 g/mol. The van der Waals surface area contributed by atoms with Crippen molar-refractivity contribution in [2.24, 2.45) is 0 Å². The van der Waals surface area contributed by atoms with E-state index in [-0.39, 0.29) is 5.69 Å². The van der Waals surface area contributed by atoms with E-state index >= 15 is 0 Å². The van der Waals surface area contributed by atoms with Crippen molar-refractivity contribution in [1.82, 2.24) is 20.3 Å². The minimum atomic E-state index is -1.03. The van der Waals surface area contributed by atoms with Gasteiger partial charge in [-0.2, -0.15) is 0 Å². The molecule has 0 amide bonds. The molecule has 2 N–H and O–H groups in total. The van der Waals surface area contributed by atoms with Crippen LogP contribution in [0, 0.1) is 0 Å². The molecule has 0 saturated carbocycles. The molecule has 0 aliphatic rings. The van der Waals surface area contributed by atoms with E-state index in [1.807, 2.05) is 0 Å². The number of nitrogens with zero attached hydrogens (tertiary/aromatic N) is 3. The lowest BCUT2D eigenvalue weighted by Gasteiger charge is -2.04. The maximum absolute atomic E-state index is 10.6. The van der Waals surface area contributed by atoms with Gasteiger partial charge < -0.3 is 10.4 Å². The molecule has 1 aromatic rings. The van der Waals surface area contributed by atoms with Gasteiger partial charge in [0.25, 0.3) is 0 Å². The van der Waals surface area contributed by atoms with Crippen molar-refractivity contribution in [3.63, 3.8) is 0 Å². The van der Waals surface area contributed by atoms with Crippen molar-refractivity contribution in [2.75, 3.05) is 13.1 Å². The Bertz CT molecular complexity index is 393. The summed E-state index contributed by atoms with van der Waals surface area (Å²) >= 11 is 0. The van der Waals surface area contributed by atoms with Crippen molar-refractivity contribution < 1.29 is 9.90 Å². The Hall–Kier alpha value is -1.43. The third kappa shape index (κ3) is 8.45. The van der Waals surface area contributed by atoms with E-state index in [9.17, 15) is 4.79 Å². The van der Waals surface area contributed by atoms with Gasteiger partial charge in [0.05, 0.1) is 12.7 Å². The molecule has 0 bridgehead atoms. The van der Waals surface area contributed by atoms with Gasteiger partial charge in [0.15, 0.2) is 5.69 Å². The second-order valence-electron chi connectivity index (χ2n) is 5.40. The Labute approximate surface area is 126 Å². The normalized spacial score (nSPS) is 10.9. The second-order valence-corrected chi connectivity index (χ2v) is 5.40. The van der Waals surface area contributed by atoms with Crippen LogP contribution in [-0.4, -0.2) is 39.2 Å². The van der Waals surface area contributed by atoms with Crippen LogP contribution in [-0.2, 0) is 6.54 Å². The van der Waals surface area contributed by atoms with Gasteiger partial charge in [-0.3, -0.25) is 4.68 Å². The first-order chi connectivity index (χ1) is 10.2. The van der Waals surface area contributed by atoms with Gasteiger partial charge in [-0.25, -0.2) is 4.79 Å². The maximum atomic E-state index is 10.6. The number of aromatic carboxylic acids is 1. The SMILES string of the molecule is CCCCCCCCCCNCCn1cc(C(=O)O)nn1. The Balaban J connectivity index is 1.89. The lowest BCUT2D eigenvalue weighted by Crippen LogP contribution is -2.21. The molecule has 120 valence electrons. The van der Waals surface area contributed by atoms with Crippen LogP contribution >= 0.6 is 0 Å². The number of carboxylic acid groups (broad SMARTS) is 1. The zero-order valence-corrected chi connectivity index (χ0v) is 13.1. The van der Waals surface area contributed by atoms with Crippen molar-refractivity contribution in [2.45, 2.75) is 64.8 Å². The van der Waals surface area contributed by atoms with Crippen LogP contribution in [0.25, 0.3) is 0 Å². The van der Waals surface area contributed by atoms with Crippen LogP contribution in [0.2, 0.25) is 0 Å². The van der Waals surface area contributed by atoms with Crippen LogP contribution < -0.4 is 5.32 Å². The summed E-state index contributed by atoms with van der Waals surface area (Å²) < 4.78 is 1.56. The third-order valence-corrected chi connectivity index (χ3v) is 3.48. The summed E-state index contributed by atoms with van der Waals surface area (Å²) in [6.45, 7) is 4.69. The number of hydrogen-bond acceptors (Lipinski definition) is 4. The predicted molar refractivity (Wildman–Crippen MR) is 82.5 cm³/mol. The average molecular weight is 296 g/mol. The van der Waals surface area contributed by atoms with E-state index in [1.165, 1.54) is 57.6 Å². The average Bonchev–Trinajstić information content (AvgIpc) is 2.94. The molecule has 0 aliphatic heterocycles. The van der Waals surface area contributed by atoms with Crippen molar-refractivity contribution >= 4 is 5.97 Å². The zero-order valence-electron chi connectivity index (χ0n) is 13.1. The van der Waals surface area contributed by atoms with Gasteiger partial charge in [0, 0.05) is 6.54 Å². The number of nitrogens with one attached hydrogen (secondary N) is 1. The fourth-order valence-corrected chi connectivity index (χ4v) is 2.21. The Morgan fingerprint density at radius 2 is 1.81 bits per heavy atom. The van der Waals surface area contributed by atoms with Gasteiger partial charge in [0.2, 0.25) is 0 Å².